The third-order valence-corrected chi connectivity index (χ3v) is 4.31. The van der Waals surface area contributed by atoms with Gasteiger partial charge in [0.05, 0.1) is 0 Å². The number of carbonyl (C=O) groups excluding carboxylic acids is 1. The molecule has 2 aliphatic heterocycles. The van der Waals surface area contributed by atoms with Crippen LogP contribution >= 0.6 is 0 Å². The van der Waals surface area contributed by atoms with E-state index < -0.39 is 11.9 Å². The Labute approximate surface area is 155 Å². The number of hydrogen-bond acceptors (Lipinski definition) is 4. The molecule has 1 amide bonds. The number of nitrogens with zero attached hydrogens (tertiary/aromatic N) is 1. The molecule has 2 aromatic carbocycles. The lowest BCUT2D eigenvalue weighted by molar-refractivity contribution is -0.286. The lowest BCUT2D eigenvalue weighted by Gasteiger charge is -2.24. The topological polar surface area (TPSA) is 48.0 Å². The van der Waals surface area contributed by atoms with Crippen LogP contribution in [0.15, 0.2) is 36.4 Å². The Balaban J connectivity index is 1.55. The Hall–Kier alpha value is -2.83. The van der Waals surface area contributed by atoms with Gasteiger partial charge in [-0.3, -0.25) is 4.90 Å². The summed E-state index contributed by atoms with van der Waals surface area (Å²) in [6.07, 6.45) is -3.99. The fourth-order valence-corrected chi connectivity index (χ4v) is 3.16. The molecule has 4 rings (SSSR count). The molecule has 0 unspecified atom stereocenters. The molecular weight excluding hydrogens is 356 g/mol. The van der Waals surface area contributed by atoms with Crippen LogP contribution in [-0.2, 0) is 17.8 Å². The van der Waals surface area contributed by atoms with Crippen LogP contribution in [0.5, 0.6) is 11.5 Å². The van der Waals surface area contributed by atoms with E-state index in [4.69, 9.17) is 4.74 Å². The van der Waals surface area contributed by atoms with Crippen LogP contribution in [0.1, 0.15) is 31.9 Å². The predicted molar refractivity (Wildman–Crippen MR) is 93.6 cm³/mol. The number of amides is 1. The molecule has 2 aliphatic rings. The van der Waals surface area contributed by atoms with Gasteiger partial charge >= 0.3 is 12.4 Å². The first-order valence-electron chi connectivity index (χ1n) is 8.60. The van der Waals surface area contributed by atoms with Gasteiger partial charge in [0.15, 0.2) is 11.5 Å². The van der Waals surface area contributed by atoms with E-state index in [1.165, 1.54) is 12.1 Å². The van der Waals surface area contributed by atoms with Crippen molar-refractivity contribution in [2.24, 2.45) is 0 Å². The predicted octanol–water partition coefficient (Wildman–Crippen LogP) is 4.93. The molecule has 0 bridgehead atoms. The number of rotatable bonds is 1. The molecule has 0 atom stereocenters. The minimum absolute atomic E-state index is 0.00776. The van der Waals surface area contributed by atoms with E-state index in [-0.39, 0.29) is 17.6 Å². The van der Waals surface area contributed by atoms with Gasteiger partial charge in [-0.15, -0.1) is 8.78 Å². The molecule has 27 heavy (non-hydrogen) atoms. The van der Waals surface area contributed by atoms with Crippen LogP contribution < -0.4 is 9.47 Å². The van der Waals surface area contributed by atoms with Gasteiger partial charge in [0.1, 0.15) is 5.60 Å². The maximum atomic E-state index is 13.2. The minimum atomic E-state index is -3.63. The zero-order valence-electron chi connectivity index (χ0n) is 15.2. The zero-order valence-corrected chi connectivity index (χ0v) is 15.2. The first-order chi connectivity index (χ1) is 12.6. The Morgan fingerprint density at radius 1 is 1.00 bits per heavy atom. The number of alkyl halides is 2. The molecule has 0 spiro atoms. The van der Waals surface area contributed by atoms with E-state index >= 15 is 0 Å². The summed E-state index contributed by atoms with van der Waals surface area (Å²) >= 11 is 0. The highest BCUT2D eigenvalue weighted by Gasteiger charge is 2.43. The molecule has 0 fully saturated rings. The summed E-state index contributed by atoms with van der Waals surface area (Å²) < 4.78 is 40.8. The smallest absolute Gasteiger partial charge is 0.444 e. The minimum Gasteiger partial charge on any atom is -0.444 e. The maximum absolute atomic E-state index is 13.2. The molecule has 0 saturated heterocycles. The summed E-state index contributed by atoms with van der Waals surface area (Å²) in [6, 6.07) is 10.5. The second kappa shape index (κ2) is 5.84. The monoisotopic (exact) mass is 375 g/mol. The average Bonchev–Trinajstić information content (AvgIpc) is 3.10. The van der Waals surface area contributed by atoms with Crippen molar-refractivity contribution in [3.8, 4) is 22.6 Å². The van der Waals surface area contributed by atoms with E-state index in [0.29, 0.717) is 13.1 Å². The lowest BCUT2D eigenvalue weighted by atomic mass is 10.0. The molecule has 2 heterocycles. The molecular formula is C20H19F2NO4. The molecule has 5 nitrogen and oxygen atoms in total. The van der Waals surface area contributed by atoms with Gasteiger partial charge in [0, 0.05) is 13.1 Å². The lowest BCUT2D eigenvalue weighted by Crippen LogP contribution is -2.33. The second-order valence-corrected chi connectivity index (χ2v) is 7.65. The fourth-order valence-electron chi connectivity index (χ4n) is 3.16. The molecule has 0 radical (unpaired) electrons. The van der Waals surface area contributed by atoms with Crippen LogP contribution in [0, 0.1) is 0 Å². The summed E-state index contributed by atoms with van der Waals surface area (Å²) in [7, 11) is 0. The quantitative estimate of drug-likeness (QED) is 0.709. The number of fused-ring (bicyclic) bond motifs is 2. The second-order valence-electron chi connectivity index (χ2n) is 7.65. The molecule has 0 N–H and O–H groups in total. The molecule has 0 saturated carbocycles. The van der Waals surface area contributed by atoms with Crippen molar-refractivity contribution in [1.29, 1.82) is 0 Å². The van der Waals surface area contributed by atoms with Crippen LogP contribution in [0.4, 0.5) is 13.6 Å². The van der Waals surface area contributed by atoms with E-state index in [1.54, 1.807) is 11.0 Å². The highest BCUT2D eigenvalue weighted by Crippen LogP contribution is 2.43. The first-order valence-corrected chi connectivity index (χ1v) is 8.60. The summed E-state index contributed by atoms with van der Waals surface area (Å²) in [5.74, 6) is 0.0226. The van der Waals surface area contributed by atoms with Crippen molar-refractivity contribution in [3.05, 3.63) is 47.5 Å². The zero-order chi connectivity index (χ0) is 19.4. The Kier molecular flexibility index (Phi) is 3.80. The van der Waals surface area contributed by atoms with Gasteiger partial charge in [0.2, 0.25) is 0 Å². The van der Waals surface area contributed by atoms with Crippen LogP contribution in [0.3, 0.4) is 0 Å². The standard InChI is InChI=1S/C20H19F2NO4/c1-19(2,3)27-18(24)23-10-14-5-4-12(8-15(14)11-23)13-6-7-16-17(9-13)26-20(21,22)25-16/h4-9H,10-11H2,1-3H3. The van der Waals surface area contributed by atoms with Crippen LogP contribution in [0.25, 0.3) is 11.1 Å². The van der Waals surface area contributed by atoms with Gasteiger partial charge in [-0.05, 0) is 61.2 Å². The Morgan fingerprint density at radius 2 is 1.63 bits per heavy atom. The summed E-state index contributed by atoms with van der Waals surface area (Å²) in [6.45, 7) is 6.42. The fraction of sp³-hybridized carbons (Fsp3) is 0.350. The average molecular weight is 375 g/mol. The van der Waals surface area contributed by atoms with Gasteiger partial charge < -0.3 is 14.2 Å². The van der Waals surface area contributed by atoms with Crippen molar-refractivity contribution in [2.45, 2.75) is 45.8 Å². The third kappa shape index (κ3) is 3.54. The Bertz CT molecular complexity index is 921. The van der Waals surface area contributed by atoms with Gasteiger partial charge in [-0.25, -0.2) is 4.79 Å². The van der Waals surface area contributed by atoms with Crippen LogP contribution in [-0.4, -0.2) is 22.9 Å². The first kappa shape index (κ1) is 17.6. The summed E-state index contributed by atoms with van der Waals surface area (Å²) in [5.41, 5.74) is 3.07. The summed E-state index contributed by atoms with van der Waals surface area (Å²) in [5, 5.41) is 0. The van der Waals surface area contributed by atoms with E-state index in [1.807, 2.05) is 39.0 Å². The number of benzene rings is 2. The van der Waals surface area contributed by atoms with Crippen molar-refractivity contribution in [2.75, 3.05) is 0 Å². The largest absolute Gasteiger partial charge is 0.586 e. The van der Waals surface area contributed by atoms with Gasteiger partial charge in [0.25, 0.3) is 0 Å². The SMILES string of the molecule is CC(C)(C)OC(=O)N1Cc2ccc(-c3ccc4c(c3)OC(F)(F)O4)cc2C1. The van der Waals surface area contributed by atoms with Crippen molar-refractivity contribution < 1.29 is 27.8 Å². The normalized spacial score (nSPS) is 17.0. The van der Waals surface area contributed by atoms with E-state index in [0.717, 1.165) is 22.3 Å². The molecule has 0 aromatic heterocycles. The molecule has 7 heteroatoms. The molecule has 0 aliphatic carbocycles. The third-order valence-electron chi connectivity index (χ3n) is 4.31. The van der Waals surface area contributed by atoms with Crippen LogP contribution in [0.2, 0.25) is 0 Å². The number of carbonyl (C=O) groups is 1. The highest BCUT2D eigenvalue weighted by atomic mass is 19.3. The number of hydrogen-bond donors (Lipinski definition) is 0. The Morgan fingerprint density at radius 3 is 2.37 bits per heavy atom. The van der Waals surface area contributed by atoms with Crippen molar-refractivity contribution in [3.63, 3.8) is 0 Å². The van der Waals surface area contributed by atoms with E-state index in [9.17, 15) is 13.6 Å². The van der Waals surface area contributed by atoms with Crippen molar-refractivity contribution >= 4 is 6.09 Å². The maximum Gasteiger partial charge on any atom is 0.586 e. The van der Waals surface area contributed by atoms with E-state index in [2.05, 4.69) is 9.47 Å². The van der Waals surface area contributed by atoms with Gasteiger partial charge in [-0.1, -0.05) is 18.2 Å². The summed E-state index contributed by atoms with van der Waals surface area (Å²) in [4.78, 5) is 13.9. The highest BCUT2D eigenvalue weighted by molar-refractivity contribution is 5.72. The van der Waals surface area contributed by atoms with Crippen molar-refractivity contribution in [1.82, 2.24) is 4.90 Å². The molecule has 2 aromatic rings. The number of ether oxygens (including phenoxy) is 3. The molecule has 142 valence electrons. The number of halogens is 2. The van der Waals surface area contributed by atoms with Gasteiger partial charge in [-0.2, -0.15) is 0 Å².